The summed E-state index contributed by atoms with van der Waals surface area (Å²) in [5.41, 5.74) is 5.32. The summed E-state index contributed by atoms with van der Waals surface area (Å²) in [7, 11) is 1.60. The number of hydrogen-bond donors (Lipinski definition) is 2. The molecule has 3 N–H and O–H groups in total. The zero-order valence-corrected chi connectivity index (χ0v) is 4.64. The van der Waals surface area contributed by atoms with Crippen LogP contribution in [-0.4, -0.2) is 12.1 Å². The Kier molecular flexibility index (Phi) is 1.12. The highest BCUT2D eigenvalue weighted by molar-refractivity contribution is 5.37. The van der Waals surface area contributed by atoms with Crippen molar-refractivity contribution in [2.45, 2.75) is 0 Å². The molecule has 0 saturated heterocycles. The number of aromatic amines is 1. The van der Waals surface area contributed by atoms with E-state index in [0.717, 1.165) is 5.75 Å². The van der Waals surface area contributed by atoms with Gasteiger partial charge in [0, 0.05) is 12.3 Å². The lowest BCUT2D eigenvalue weighted by atomic mass is 10.6. The summed E-state index contributed by atoms with van der Waals surface area (Å²) in [4.78, 5) is 2.77. The number of nitrogens with one attached hydrogen (secondary N) is 1. The first kappa shape index (κ1) is 5.03. The van der Waals surface area contributed by atoms with Gasteiger partial charge in [-0.3, -0.25) is 0 Å². The van der Waals surface area contributed by atoms with E-state index in [-0.39, 0.29) is 0 Å². The van der Waals surface area contributed by atoms with Crippen LogP contribution in [0.4, 0.5) is 5.82 Å². The Bertz CT molecular complexity index is 171. The smallest absolute Gasteiger partial charge is 0.138 e. The number of aromatic nitrogens is 1. The summed E-state index contributed by atoms with van der Waals surface area (Å²) in [6, 6.07) is 1.72. The van der Waals surface area contributed by atoms with Gasteiger partial charge >= 0.3 is 0 Å². The van der Waals surface area contributed by atoms with Gasteiger partial charge in [0.1, 0.15) is 11.6 Å². The molecule has 0 aliphatic rings. The molecule has 0 atom stereocenters. The summed E-state index contributed by atoms with van der Waals surface area (Å²) in [6.45, 7) is 0. The fourth-order valence-corrected chi connectivity index (χ4v) is 0.509. The molecular weight excluding hydrogens is 104 g/mol. The summed E-state index contributed by atoms with van der Waals surface area (Å²) in [5.74, 6) is 1.39. The van der Waals surface area contributed by atoms with Crippen LogP contribution in [0.5, 0.6) is 5.75 Å². The fraction of sp³-hybridized carbons (Fsp3) is 0.200. The van der Waals surface area contributed by atoms with Crippen molar-refractivity contribution in [1.29, 1.82) is 0 Å². The van der Waals surface area contributed by atoms with Gasteiger partial charge in [0.15, 0.2) is 0 Å². The number of ether oxygens (including phenoxy) is 1. The lowest BCUT2D eigenvalue weighted by molar-refractivity contribution is 0.415. The molecule has 0 aliphatic carbocycles. The van der Waals surface area contributed by atoms with Crippen LogP contribution in [0.15, 0.2) is 12.3 Å². The fourth-order valence-electron chi connectivity index (χ4n) is 0.509. The van der Waals surface area contributed by atoms with Gasteiger partial charge in [-0.25, -0.2) is 0 Å². The van der Waals surface area contributed by atoms with Gasteiger partial charge in [0.05, 0.1) is 7.11 Å². The Hall–Kier alpha value is -1.12. The second-order valence-electron chi connectivity index (χ2n) is 1.49. The molecule has 0 saturated carbocycles. The molecule has 1 aromatic rings. The second-order valence-corrected chi connectivity index (χ2v) is 1.49. The second kappa shape index (κ2) is 1.78. The van der Waals surface area contributed by atoms with E-state index in [1.54, 1.807) is 19.4 Å². The van der Waals surface area contributed by atoms with Gasteiger partial charge in [0.25, 0.3) is 0 Å². The van der Waals surface area contributed by atoms with Gasteiger partial charge in [-0.15, -0.1) is 0 Å². The molecular formula is C5H8N2O. The van der Waals surface area contributed by atoms with E-state index in [4.69, 9.17) is 10.5 Å². The molecule has 3 nitrogen and oxygen atoms in total. The highest BCUT2D eigenvalue weighted by Crippen LogP contribution is 2.11. The molecule has 0 unspecified atom stereocenters. The number of anilines is 1. The Morgan fingerprint density at radius 2 is 2.50 bits per heavy atom. The van der Waals surface area contributed by atoms with E-state index < -0.39 is 0 Å². The van der Waals surface area contributed by atoms with E-state index in [1.165, 1.54) is 0 Å². The summed E-state index contributed by atoms with van der Waals surface area (Å²) in [6.07, 6.45) is 1.70. The van der Waals surface area contributed by atoms with Crippen molar-refractivity contribution in [2.75, 3.05) is 12.8 Å². The number of H-pyrrole nitrogens is 1. The van der Waals surface area contributed by atoms with E-state index in [9.17, 15) is 0 Å². The molecule has 0 aliphatic heterocycles. The van der Waals surface area contributed by atoms with Gasteiger partial charge in [-0.2, -0.15) is 0 Å². The highest BCUT2D eigenvalue weighted by atomic mass is 16.5. The van der Waals surface area contributed by atoms with Crippen LogP contribution in [0.1, 0.15) is 0 Å². The lowest BCUT2D eigenvalue weighted by Gasteiger charge is -1.87. The highest BCUT2D eigenvalue weighted by Gasteiger charge is 1.89. The summed E-state index contributed by atoms with van der Waals surface area (Å²) >= 11 is 0. The minimum atomic E-state index is 0.627. The molecule has 1 rings (SSSR count). The molecule has 8 heavy (non-hydrogen) atoms. The first-order valence-corrected chi connectivity index (χ1v) is 2.31. The third kappa shape index (κ3) is 0.753. The monoisotopic (exact) mass is 112 g/mol. The Morgan fingerprint density at radius 1 is 1.75 bits per heavy atom. The zero-order chi connectivity index (χ0) is 5.98. The number of rotatable bonds is 1. The third-order valence-electron chi connectivity index (χ3n) is 0.915. The van der Waals surface area contributed by atoms with Crippen LogP contribution in [0.25, 0.3) is 0 Å². The maximum absolute atomic E-state index is 5.32. The predicted molar refractivity (Wildman–Crippen MR) is 31.8 cm³/mol. The molecule has 0 aromatic carbocycles. The van der Waals surface area contributed by atoms with E-state index in [2.05, 4.69) is 4.98 Å². The van der Waals surface area contributed by atoms with Crippen molar-refractivity contribution in [1.82, 2.24) is 4.98 Å². The minimum absolute atomic E-state index is 0.627. The zero-order valence-electron chi connectivity index (χ0n) is 4.64. The maximum atomic E-state index is 5.32. The molecule has 1 heterocycles. The molecule has 1 aromatic heterocycles. The van der Waals surface area contributed by atoms with Crippen molar-refractivity contribution in [3.05, 3.63) is 12.3 Å². The van der Waals surface area contributed by atoms with Crippen LogP contribution in [0.2, 0.25) is 0 Å². The number of nitrogens with two attached hydrogens (primary N) is 1. The quantitative estimate of drug-likeness (QED) is 0.559. The van der Waals surface area contributed by atoms with Crippen LogP contribution in [0.3, 0.4) is 0 Å². The molecule has 0 radical (unpaired) electrons. The lowest BCUT2D eigenvalue weighted by Crippen LogP contribution is -1.80. The number of methoxy groups -OCH3 is 1. The largest absolute Gasteiger partial charge is 0.495 e. The van der Waals surface area contributed by atoms with Gasteiger partial charge < -0.3 is 15.5 Å². The van der Waals surface area contributed by atoms with Crippen molar-refractivity contribution >= 4 is 5.82 Å². The van der Waals surface area contributed by atoms with Crippen molar-refractivity contribution < 1.29 is 4.74 Å². The molecule has 0 amide bonds. The van der Waals surface area contributed by atoms with Crippen LogP contribution < -0.4 is 10.5 Å². The van der Waals surface area contributed by atoms with Crippen molar-refractivity contribution in [2.24, 2.45) is 0 Å². The Balaban J connectivity index is 2.84. The molecule has 0 fully saturated rings. The molecule has 44 valence electrons. The van der Waals surface area contributed by atoms with E-state index in [1.807, 2.05) is 0 Å². The van der Waals surface area contributed by atoms with Crippen LogP contribution in [-0.2, 0) is 0 Å². The topological polar surface area (TPSA) is 51.0 Å². The SMILES string of the molecule is COc1c[nH]c(N)c1. The van der Waals surface area contributed by atoms with Gasteiger partial charge in [-0.1, -0.05) is 0 Å². The standard InChI is InChI=1S/C5H8N2O/c1-8-4-2-5(6)7-3-4/h2-3,7H,6H2,1H3. The molecule has 0 bridgehead atoms. The summed E-state index contributed by atoms with van der Waals surface area (Å²) in [5, 5.41) is 0. The number of nitrogen functional groups attached to an aromatic ring is 1. The van der Waals surface area contributed by atoms with E-state index >= 15 is 0 Å². The van der Waals surface area contributed by atoms with Crippen LogP contribution >= 0.6 is 0 Å². The molecule has 3 heteroatoms. The average Bonchev–Trinajstić information content (AvgIpc) is 2.14. The van der Waals surface area contributed by atoms with Crippen LogP contribution in [0, 0.1) is 0 Å². The predicted octanol–water partition coefficient (Wildman–Crippen LogP) is 0.605. The molecule has 0 spiro atoms. The van der Waals surface area contributed by atoms with E-state index in [0.29, 0.717) is 5.82 Å². The van der Waals surface area contributed by atoms with Crippen molar-refractivity contribution in [3.8, 4) is 5.75 Å². The van der Waals surface area contributed by atoms with Gasteiger partial charge in [-0.05, 0) is 0 Å². The van der Waals surface area contributed by atoms with Gasteiger partial charge in [0.2, 0.25) is 0 Å². The third-order valence-corrected chi connectivity index (χ3v) is 0.915. The van der Waals surface area contributed by atoms with Crippen molar-refractivity contribution in [3.63, 3.8) is 0 Å². The summed E-state index contributed by atoms with van der Waals surface area (Å²) < 4.78 is 4.82. The number of hydrogen-bond acceptors (Lipinski definition) is 2. The first-order valence-electron chi connectivity index (χ1n) is 2.31. The normalized spacial score (nSPS) is 9.12. The Labute approximate surface area is 47.5 Å². The maximum Gasteiger partial charge on any atom is 0.138 e. The Morgan fingerprint density at radius 3 is 2.75 bits per heavy atom. The first-order chi connectivity index (χ1) is 3.83. The minimum Gasteiger partial charge on any atom is -0.495 e. The average molecular weight is 112 g/mol.